The van der Waals surface area contributed by atoms with E-state index < -0.39 is 0 Å². The van der Waals surface area contributed by atoms with Gasteiger partial charge in [0, 0.05) is 21.8 Å². The van der Waals surface area contributed by atoms with Gasteiger partial charge in [-0.15, -0.1) is 0 Å². The lowest BCUT2D eigenvalue weighted by molar-refractivity contribution is 1.40. The highest BCUT2D eigenvalue weighted by Crippen LogP contribution is 2.28. The van der Waals surface area contributed by atoms with Gasteiger partial charge < -0.3 is 4.98 Å². The van der Waals surface area contributed by atoms with Crippen molar-refractivity contribution in [1.29, 1.82) is 0 Å². The normalized spacial score (nSPS) is 14.7. The Labute approximate surface area is 117 Å². The Kier molecular flexibility index (Phi) is 2.56. The average molecular weight is 257 g/mol. The molecule has 0 aliphatic heterocycles. The van der Waals surface area contributed by atoms with E-state index in [0.717, 1.165) is 6.42 Å². The van der Waals surface area contributed by atoms with Crippen molar-refractivity contribution in [2.24, 2.45) is 0 Å². The molecule has 0 bridgehead atoms. The molecule has 3 aromatic rings. The maximum atomic E-state index is 3.51. The summed E-state index contributed by atoms with van der Waals surface area (Å²) in [7, 11) is 0. The van der Waals surface area contributed by atoms with Crippen LogP contribution in [0.1, 0.15) is 12.0 Å². The molecular weight excluding hydrogens is 242 g/mol. The lowest BCUT2D eigenvalue weighted by Crippen LogP contribution is -1.81. The van der Waals surface area contributed by atoms with Gasteiger partial charge in [-0.2, -0.15) is 0 Å². The van der Waals surface area contributed by atoms with E-state index >= 15 is 0 Å². The van der Waals surface area contributed by atoms with Gasteiger partial charge in [0.2, 0.25) is 0 Å². The summed E-state index contributed by atoms with van der Waals surface area (Å²) in [5.74, 6) is 0. The molecule has 4 rings (SSSR count). The number of aromatic nitrogens is 1. The number of rotatable bonds is 1. The van der Waals surface area contributed by atoms with Gasteiger partial charge in [0.15, 0.2) is 0 Å². The van der Waals surface area contributed by atoms with Crippen molar-refractivity contribution in [2.75, 3.05) is 0 Å². The Hall–Kier alpha value is -2.54. The number of fused-ring (bicyclic) bond motifs is 3. The van der Waals surface area contributed by atoms with Crippen molar-refractivity contribution in [3.05, 3.63) is 78.4 Å². The van der Waals surface area contributed by atoms with Gasteiger partial charge in [0.25, 0.3) is 0 Å². The molecule has 0 amide bonds. The predicted octanol–water partition coefficient (Wildman–Crippen LogP) is 5.22. The van der Waals surface area contributed by atoms with E-state index in [1.165, 1.54) is 32.9 Å². The summed E-state index contributed by atoms with van der Waals surface area (Å²) < 4.78 is 0. The predicted molar refractivity (Wildman–Crippen MR) is 86.7 cm³/mol. The summed E-state index contributed by atoms with van der Waals surface area (Å²) in [5.41, 5.74) is 4.96. The van der Waals surface area contributed by atoms with E-state index in [0.29, 0.717) is 0 Å². The lowest BCUT2D eigenvalue weighted by Gasteiger charge is -2.02. The first kappa shape index (κ1) is 11.3. The largest absolute Gasteiger partial charge is 0.354 e. The lowest BCUT2D eigenvalue weighted by atomic mass is 10.0. The van der Waals surface area contributed by atoms with Gasteiger partial charge in [-0.3, -0.25) is 0 Å². The Morgan fingerprint density at radius 2 is 1.75 bits per heavy atom. The maximum absolute atomic E-state index is 3.51. The van der Waals surface area contributed by atoms with Crippen LogP contribution in [0.5, 0.6) is 0 Å². The summed E-state index contributed by atoms with van der Waals surface area (Å²) in [4.78, 5) is 3.51. The van der Waals surface area contributed by atoms with Crippen LogP contribution in [0, 0.1) is 0 Å². The van der Waals surface area contributed by atoms with Crippen molar-refractivity contribution < 1.29 is 0 Å². The Morgan fingerprint density at radius 1 is 0.850 bits per heavy atom. The topological polar surface area (TPSA) is 15.8 Å². The molecule has 1 aliphatic rings. The molecule has 1 nitrogen and oxygen atoms in total. The van der Waals surface area contributed by atoms with Crippen molar-refractivity contribution in [3.8, 4) is 0 Å². The molecule has 1 aromatic heterocycles. The van der Waals surface area contributed by atoms with E-state index in [1.54, 1.807) is 0 Å². The van der Waals surface area contributed by atoms with Crippen LogP contribution in [0.3, 0.4) is 0 Å². The van der Waals surface area contributed by atoms with Gasteiger partial charge in [-0.1, -0.05) is 60.7 Å². The standard InChI is InChI=1S/C19H15N/c1-2-4-8-14(7-3-1)15-11-12-17-16-9-5-6-10-18(16)20-19(17)13-15/h1-3,5-13,20H,4H2. The molecule has 0 saturated carbocycles. The van der Waals surface area contributed by atoms with Crippen LogP contribution in [0.25, 0.3) is 27.4 Å². The fraction of sp³-hybridized carbons (Fsp3) is 0.0526. The number of para-hydroxylation sites is 1. The third kappa shape index (κ3) is 1.79. The number of benzene rings is 2. The first-order valence-electron chi connectivity index (χ1n) is 6.96. The SMILES string of the molecule is C1=CCC=C(c2ccc3c(c2)[nH]c2ccccc23)C=C1. The second-order valence-electron chi connectivity index (χ2n) is 5.11. The second-order valence-corrected chi connectivity index (χ2v) is 5.11. The third-order valence-electron chi connectivity index (χ3n) is 3.84. The van der Waals surface area contributed by atoms with Crippen LogP contribution in [0.15, 0.2) is 72.8 Å². The minimum absolute atomic E-state index is 0.993. The summed E-state index contributed by atoms with van der Waals surface area (Å²) >= 11 is 0. The quantitative estimate of drug-likeness (QED) is 0.615. The molecule has 1 heterocycles. The highest BCUT2D eigenvalue weighted by molar-refractivity contribution is 6.07. The Bertz CT molecular complexity index is 875. The van der Waals surface area contributed by atoms with E-state index in [4.69, 9.17) is 0 Å². The zero-order valence-corrected chi connectivity index (χ0v) is 11.1. The van der Waals surface area contributed by atoms with Crippen molar-refractivity contribution in [1.82, 2.24) is 4.98 Å². The fourth-order valence-corrected chi connectivity index (χ4v) is 2.83. The van der Waals surface area contributed by atoms with E-state index in [2.05, 4.69) is 77.8 Å². The molecule has 0 atom stereocenters. The molecule has 2 aromatic carbocycles. The minimum atomic E-state index is 0.993. The number of allylic oxidation sites excluding steroid dienone is 6. The molecule has 0 saturated heterocycles. The van der Waals surface area contributed by atoms with Crippen LogP contribution in [0.4, 0.5) is 0 Å². The molecule has 1 aliphatic carbocycles. The van der Waals surface area contributed by atoms with Crippen molar-refractivity contribution >= 4 is 27.4 Å². The summed E-state index contributed by atoms with van der Waals surface area (Å²) in [6, 6.07) is 15.1. The van der Waals surface area contributed by atoms with Crippen LogP contribution in [-0.4, -0.2) is 4.98 Å². The van der Waals surface area contributed by atoms with Crippen LogP contribution in [0.2, 0.25) is 0 Å². The number of nitrogens with one attached hydrogen (secondary N) is 1. The summed E-state index contributed by atoms with van der Waals surface area (Å²) in [6.07, 6.45) is 11.8. The van der Waals surface area contributed by atoms with E-state index in [1.807, 2.05) is 0 Å². The van der Waals surface area contributed by atoms with Crippen LogP contribution < -0.4 is 0 Å². The molecule has 0 unspecified atom stereocenters. The van der Waals surface area contributed by atoms with Crippen molar-refractivity contribution in [2.45, 2.75) is 6.42 Å². The maximum Gasteiger partial charge on any atom is 0.0471 e. The zero-order chi connectivity index (χ0) is 13.4. The monoisotopic (exact) mass is 257 g/mol. The van der Waals surface area contributed by atoms with Gasteiger partial charge >= 0.3 is 0 Å². The minimum Gasteiger partial charge on any atom is -0.354 e. The van der Waals surface area contributed by atoms with E-state index in [9.17, 15) is 0 Å². The van der Waals surface area contributed by atoms with E-state index in [-0.39, 0.29) is 0 Å². The van der Waals surface area contributed by atoms with Gasteiger partial charge in [0.1, 0.15) is 0 Å². The fourth-order valence-electron chi connectivity index (χ4n) is 2.83. The zero-order valence-electron chi connectivity index (χ0n) is 11.1. The highest BCUT2D eigenvalue weighted by atomic mass is 14.7. The van der Waals surface area contributed by atoms with Gasteiger partial charge in [-0.25, -0.2) is 0 Å². The molecule has 0 spiro atoms. The molecule has 0 radical (unpaired) electrons. The average Bonchev–Trinajstić information content (AvgIpc) is 2.67. The molecule has 0 fully saturated rings. The van der Waals surface area contributed by atoms with Crippen LogP contribution in [-0.2, 0) is 0 Å². The highest BCUT2D eigenvalue weighted by Gasteiger charge is 2.06. The van der Waals surface area contributed by atoms with Crippen molar-refractivity contribution in [3.63, 3.8) is 0 Å². The number of H-pyrrole nitrogens is 1. The molecule has 1 N–H and O–H groups in total. The number of hydrogen-bond donors (Lipinski definition) is 1. The smallest absolute Gasteiger partial charge is 0.0471 e. The molecule has 1 heteroatoms. The summed E-state index contributed by atoms with van der Waals surface area (Å²) in [5, 5.41) is 2.58. The Balaban J connectivity index is 1.91. The van der Waals surface area contributed by atoms with Crippen LogP contribution >= 0.6 is 0 Å². The molecule has 20 heavy (non-hydrogen) atoms. The third-order valence-corrected chi connectivity index (χ3v) is 3.84. The molecule has 96 valence electrons. The summed E-state index contributed by atoms with van der Waals surface area (Å²) in [6.45, 7) is 0. The Morgan fingerprint density at radius 3 is 2.75 bits per heavy atom. The van der Waals surface area contributed by atoms with Gasteiger partial charge in [0.05, 0.1) is 0 Å². The number of hydrogen-bond acceptors (Lipinski definition) is 0. The first-order valence-corrected chi connectivity index (χ1v) is 6.96. The first-order chi connectivity index (χ1) is 9.92. The second kappa shape index (κ2) is 4.53. The molecular formula is C19H15N. The van der Waals surface area contributed by atoms with Gasteiger partial charge in [-0.05, 0) is 29.7 Å². The number of aromatic amines is 1.